The molecule has 2 rings (SSSR count). The third kappa shape index (κ3) is 2.14. The van der Waals surface area contributed by atoms with Crippen LogP contribution < -0.4 is 11.2 Å². The van der Waals surface area contributed by atoms with Crippen molar-refractivity contribution in [2.24, 2.45) is 0 Å². The van der Waals surface area contributed by atoms with Gasteiger partial charge in [-0.05, 0) is 18.2 Å². The van der Waals surface area contributed by atoms with Gasteiger partial charge in [-0.3, -0.25) is 19.1 Å². The first kappa shape index (κ1) is 11.6. The lowest BCUT2D eigenvalue weighted by Gasteiger charge is -2.06. The van der Waals surface area contributed by atoms with Crippen molar-refractivity contribution in [2.75, 3.05) is 0 Å². The number of nitrogens with zero attached hydrogens (tertiary/aromatic N) is 1. The average Bonchev–Trinajstić information content (AvgIpc) is 2.23. The SMILES string of the molecule is O=C(O)Cn1c(=O)[nH]c(=O)c2ccc(Br)cc21. The predicted octanol–water partition coefficient (Wildman–Crippen LogP) is 0.537. The van der Waals surface area contributed by atoms with Crippen LogP contribution in [0.25, 0.3) is 10.9 Å². The van der Waals surface area contributed by atoms with Gasteiger partial charge < -0.3 is 5.11 Å². The number of halogens is 1. The molecule has 0 aliphatic rings. The van der Waals surface area contributed by atoms with Crippen LogP contribution in [0.5, 0.6) is 0 Å². The zero-order chi connectivity index (χ0) is 12.6. The number of H-pyrrole nitrogens is 1. The summed E-state index contributed by atoms with van der Waals surface area (Å²) in [4.78, 5) is 35.8. The highest BCUT2D eigenvalue weighted by atomic mass is 79.9. The van der Waals surface area contributed by atoms with Gasteiger partial charge in [-0.1, -0.05) is 15.9 Å². The second-order valence-electron chi connectivity index (χ2n) is 3.40. The topological polar surface area (TPSA) is 92.2 Å². The molecule has 7 heteroatoms. The number of aromatic nitrogens is 2. The lowest BCUT2D eigenvalue weighted by Crippen LogP contribution is -2.32. The Morgan fingerprint density at radius 1 is 1.41 bits per heavy atom. The van der Waals surface area contributed by atoms with Gasteiger partial charge in [0.15, 0.2) is 0 Å². The number of carboxylic acid groups (broad SMARTS) is 1. The van der Waals surface area contributed by atoms with Crippen molar-refractivity contribution in [1.29, 1.82) is 0 Å². The Morgan fingerprint density at radius 3 is 2.76 bits per heavy atom. The van der Waals surface area contributed by atoms with Crippen LogP contribution in [0.1, 0.15) is 0 Å². The molecule has 6 nitrogen and oxygen atoms in total. The van der Waals surface area contributed by atoms with E-state index in [2.05, 4.69) is 20.9 Å². The van der Waals surface area contributed by atoms with Crippen LogP contribution in [0.3, 0.4) is 0 Å². The summed E-state index contributed by atoms with van der Waals surface area (Å²) in [5, 5.41) is 9.00. The maximum Gasteiger partial charge on any atom is 0.329 e. The van der Waals surface area contributed by atoms with Crippen LogP contribution in [0.15, 0.2) is 32.3 Å². The number of fused-ring (bicyclic) bond motifs is 1. The molecule has 88 valence electrons. The van der Waals surface area contributed by atoms with E-state index in [1.54, 1.807) is 6.07 Å². The van der Waals surface area contributed by atoms with Gasteiger partial charge in [0.1, 0.15) is 6.54 Å². The molecule has 0 saturated carbocycles. The van der Waals surface area contributed by atoms with E-state index in [1.807, 2.05) is 0 Å². The van der Waals surface area contributed by atoms with Crippen molar-refractivity contribution in [1.82, 2.24) is 9.55 Å². The molecule has 0 unspecified atom stereocenters. The number of benzene rings is 1. The van der Waals surface area contributed by atoms with Crippen molar-refractivity contribution in [3.63, 3.8) is 0 Å². The Bertz CT molecular complexity index is 716. The zero-order valence-electron chi connectivity index (χ0n) is 8.44. The van der Waals surface area contributed by atoms with Crippen molar-refractivity contribution >= 4 is 32.8 Å². The molecule has 0 saturated heterocycles. The number of carbonyl (C=O) groups is 1. The van der Waals surface area contributed by atoms with Gasteiger partial charge in [-0.25, -0.2) is 4.79 Å². The van der Waals surface area contributed by atoms with Gasteiger partial charge in [-0.15, -0.1) is 0 Å². The summed E-state index contributed by atoms with van der Waals surface area (Å²) in [5.74, 6) is -1.15. The number of aromatic amines is 1. The Morgan fingerprint density at radius 2 is 2.12 bits per heavy atom. The first-order valence-corrected chi connectivity index (χ1v) is 5.42. The molecule has 0 fully saturated rings. The normalized spacial score (nSPS) is 10.6. The quantitative estimate of drug-likeness (QED) is 0.846. The molecule has 0 aliphatic heterocycles. The summed E-state index contributed by atoms with van der Waals surface area (Å²) in [6.45, 7) is -0.497. The monoisotopic (exact) mass is 298 g/mol. The van der Waals surface area contributed by atoms with Crippen molar-refractivity contribution in [2.45, 2.75) is 6.54 Å². The Hall–Kier alpha value is -1.89. The molecule has 0 atom stereocenters. The van der Waals surface area contributed by atoms with Crippen LogP contribution in [-0.2, 0) is 11.3 Å². The molecule has 1 aromatic heterocycles. The number of carboxylic acids is 1. The molecule has 2 N–H and O–H groups in total. The number of hydrogen-bond acceptors (Lipinski definition) is 3. The molecule has 1 aromatic carbocycles. The summed E-state index contributed by atoms with van der Waals surface area (Å²) < 4.78 is 1.67. The van der Waals surface area contributed by atoms with Crippen LogP contribution in [0, 0.1) is 0 Å². The maximum absolute atomic E-state index is 11.5. The van der Waals surface area contributed by atoms with E-state index in [4.69, 9.17) is 5.11 Å². The fourth-order valence-electron chi connectivity index (χ4n) is 1.55. The molecule has 0 amide bonds. The van der Waals surface area contributed by atoms with Crippen LogP contribution in [0.4, 0.5) is 0 Å². The number of rotatable bonds is 2. The van der Waals surface area contributed by atoms with Crippen LogP contribution in [-0.4, -0.2) is 20.6 Å². The van der Waals surface area contributed by atoms with E-state index < -0.39 is 23.8 Å². The number of aliphatic carboxylic acids is 1. The van der Waals surface area contributed by atoms with Gasteiger partial charge in [0.2, 0.25) is 0 Å². The maximum atomic E-state index is 11.5. The van der Waals surface area contributed by atoms with E-state index in [9.17, 15) is 14.4 Å². The van der Waals surface area contributed by atoms with Crippen LogP contribution >= 0.6 is 15.9 Å². The lowest BCUT2D eigenvalue weighted by atomic mass is 10.2. The van der Waals surface area contributed by atoms with Gasteiger partial charge >= 0.3 is 11.7 Å². The minimum Gasteiger partial charge on any atom is -0.480 e. The fraction of sp³-hybridized carbons (Fsp3) is 0.100. The highest BCUT2D eigenvalue weighted by Gasteiger charge is 2.10. The third-order valence-electron chi connectivity index (χ3n) is 2.25. The minimum atomic E-state index is -1.15. The molecule has 0 aliphatic carbocycles. The average molecular weight is 299 g/mol. The molecule has 1 heterocycles. The molecule has 2 aromatic rings. The predicted molar refractivity (Wildman–Crippen MR) is 64.2 cm³/mol. The first-order chi connectivity index (χ1) is 7.99. The van der Waals surface area contributed by atoms with Gasteiger partial charge in [0, 0.05) is 4.47 Å². The second-order valence-corrected chi connectivity index (χ2v) is 4.32. The summed E-state index contributed by atoms with van der Waals surface area (Å²) in [6, 6.07) is 4.71. The smallest absolute Gasteiger partial charge is 0.329 e. The summed E-state index contributed by atoms with van der Waals surface area (Å²) in [6.07, 6.45) is 0. The lowest BCUT2D eigenvalue weighted by molar-refractivity contribution is -0.137. The van der Waals surface area contributed by atoms with Crippen molar-refractivity contribution < 1.29 is 9.90 Å². The Labute approximate surface area is 103 Å². The van der Waals surface area contributed by atoms with E-state index in [-0.39, 0.29) is 10.9 Å². The van der Waals surface area contributed by atoms with Crippen molar-refractivity contribution in [3.05, 3.63) is 43.5 Å². The largest absolute Gasteiger partial charge is 0.480 e. The van der Waals surface area contributed by atoms with Gasteiger partial charge in [0.05, 0.1) is 10.9 Å². The zero-order valence-corrected chi connectivity index (χ0v) is 10.0. The fourth-order valence-corrected chi connectivity index (χ4v) is 1.90. The third-order valence-corrected chi connectivity index (χ3v) is 2.75. The van der Waals surface area contributed by atoms with E-state index >= 15 is 0 Å². The molecule has 0 radical (unpaired) electrons. The summed E-state index contributed by atoms with van der Waals surface area (Å²) in [7, 11) is 0. The minimum absolute atomic E-state index is 0.272. The Balaban J connectivity index is 2.90. The second kappa shape index (κ2) is 4.17. The molecule has 0 spiro atoms. The highest BCUT2D eigenvalue weighted by Crippen LogP contribution is 2.15. The number of nitrogens with one attached hydrogen (secondary N) is 1. The molecule has 0 bridgehead atoms. The van der Waals surface area contributed by atoms with Crippen LogP contribution in [0.2, 0.25) is 0 Å². The molecular formula is C10H7BrN2O4. The standard InChI is InChI=1S/C10H7BrN2O4/c11-5-1-2-6-7(3-5)13(4-8(14)15)10(17)12-9(6)16/h1-3H,4H2,(H,14,15)(H,12,16,17). The summed E-state index contributed by atoms with van der Waals surface area (Å²) >= 11 is 3.21. The summed E-state index contributed by atoms with van der Waals surface area (Å²) in [5.41, 5.74) is -0.974. The Kier molecular flexibility index (Phi) is 2.84. The van der Waals surface area contributed by atoms with Gasteiger partial charge in [-0.2, -0.15) is 0 Å². The molecular weight excluding hydrogens is 292 g/mol. The first-order valence-electron chi connectivity index (χ1n) is 4.63. The number of hydrogen-bond donors (Lipinski definition) is 2. The van der Waals surface area contributed by atoms with Gasteiger partial charge in [0.25, 0.3) is 5.56 Å². The molecule has 17 heavy (non-hydrogen) atoms. The van der Waals surface area contributed by atoms with E-state index in [0.717, 1.165) is 4.57 Å². The van der Waals surface area contributed by atoms with Crippen molar-refractivity contribution in [3.8, 4) is 0 Å². The van der Waals surface area contributed by atoms with E-state index in [1.165, 1.54) is 12.1 Å². The highest BCUT2D eigenvalue weighted by molar-refractivity contribution is 9.10. The van der Waals surface area contributed by atoms with E-state index in [0.29, 0.717) is 4.47 Å².